The van der Waals surface area contributed by atoms with Crippen molar-refractivity contribution >= 4 is 34.4 Å². The number of alkyl halides is 3. The Morgan fingerprint density at radius 3 is 2.39 bits per heavy atom. The van der Waals surface area contributed by atoms with Gasteiger partial charge in [0.2, 0.25) is 11.8 Å². The first-order valence-electron chi connectivity index (χ1n) is 18.4. The monoisotopic (exact) mass is 748 g/mol. The van der Waals surface area contributed by atoms with E-state index in [1.54, 1.807) is 0 Å². The summed E-state index contributed by atoms with van der Waals surface area (Å²) in [6.45, 7) is 4.92. The molecule has 286 valence electrons. The summed E-state index contributed by atoms with van der Waals surface area (Å²) >= 11 is 0. The second-order valence-corrected chi connectivity index (χ2v) is 14.1. The van der Waals surface area contributed by atoms with Gasteiger partial charge in [-0.25, -0.2) is 9.78 Å². The van der Waals surface area contributed by atoms with Crippen molar-refractivity contribution in [2.75, 3.05) is 44.2 Å². The van der Waals surface area contributed by atoms with Crippen molar-refractivity contribution in [1.29, 1.82) is 0 Å². The molecule has 2 aromatic heterocycles. The smallest absolute Gasteiger partial charge is 0.420 e. The van der Waals surface area contributed by atoms with E-state index in [9.17, 15) is 32.7 Å². The molecular formula is C39H43F3N6O6. The van der Waals surface area contributed by atoms with Gasteiger partial charge in [-0.2, -0.15) is 18.3 Å². The Morgan fingerprint density at radius 2 is 1.67 bits per heavy atom. The maximum Gasteiger partial charge on any atom is 0.420 e. The number of para-hydroxylation sites is 1. The molecule has 2 saturated heterocycles. The predicted molar refractivity (Wildman–Crippen MR) is 193 cm³/mol. The maximum absolute atomic E-state index is 14.4. The van der Waals surface area contributed by atoms with E-state index in [4.69, 9.17) is 14.6 Å². The summed E-state index contributed by atoms with van der Waals surface area (Å²) in [5, 5.41) is 17.7. The number of piperazine rings is 1. The number of hydrogen-bond acceptors (Lipinski definition) is 9. The number of aromatic carboxylic acids is 1. The van der Waals surface area contributed by atoms with Gasteiger partial charge in [-0.3, -0.25) is 24.5 Å². The molecule has 3 fully saturated rings. The van der Waals surface area contributed by atoms with E-state index in [0.29, 0.717) is 50.8 Å². The van der Waals surface area contributed by atoms with Crippen LogP contribution in [-0.2, 0) is 27.5 Å². The molecule has 15 heteroatoms. The van der Waals surface area contributed by atoms with Gasteiger partial charge in [-0.1, -0.05) is 30.3 Å². The topological polar surface area (TPSA) is 139 Å². The van der Waals surface area contributed by atoms with E-state index in [2.05, 4.69) is 26.2 Å². The van der Waals surface area contributed by atoms with Crippen molar-refractivity contribution in [2.24, 2.45) is 7.05 Å². The molecule has 4 aromatic rings. The molecule has 2 amide bonds. The summed E-state index contributed by atoms with van der Waals surface area (Å²) in [5.41, 5.74) is 0.898. The molecule has 12 nitrogen and oxygen atoms in total. The van der Waals surface area contributed by atoms with E-state index < -0.39 is 35.4 Å². The molecule has 2 N–H and O–H groups in total. The highest BCUT2D eigenvalue weighted by Crippen LogP contribution is 2.44. The van der Waals surface area contributed by atoms with Crippen LogP contribution >= 0.6 is 0 Å². The van der Waals surface area contributed by atoms with Gasteiger partial charge >= 0.3 is 12.1 Å². The molecule has 2 aromatic carbocycles. The zero-order valence-corrected chi connectivity index (χ0v) is 30.0. The Balaban J connectivity index is 0.876. The lowest BCUT2D eigenvalue weighted by Crippen LogP contribution is -2.47. The third-order valence-electron chi connectivity index (χ3n) is 10.7. The number of halogens is 3. The van der Waals surface area contributed by atoms with Crippen LogP contribution in [0.25, 0.3) is 22.0 Å². The van der Waals surface area contributed by atoms with Crippen molar-refractivity contribution in [3.8, 4) is 16.9 Å². The molecule has 0 spiro atoms. The van der Waals surface area contributed by atoms with Gasteiger partial charge in [0.1, 0.15) is 11.3 Å². The van der Waals surface area contributed by atoms with Crippen LogP contribution in [0, 0.1) is 0 Å². The second kappa shape index (κ2) is 15.8. The molecule has 0 radical (unpaired) electrons. The van der Waals surface area contributed by atoms with Crippen LogP contribution in [-0.4, -0.2) is 94.1 Å². The normalized spacial score (nSPS) is 21.3. The minimum Gasteiger partial charge on any atom is -0.490 e. The second-order valence-electron chi connectivity index (χ2n) is 14.1. The Labute approximate surface area is 310 Å². The molecule has 2 aliphatic heterocycles. The quantitative estimate of drug-likeness (QED) is 0.143. The molecule has 4 heterocycles. The predicted octanol–water partition coefficient (Wildman–Crippen LogP) is 5.79. The maximum atomic E-state index is 14.4. The molecule has 3 aliphatic rings. The number of piperidine rings is 1. The van der Waals surface area contributed by atoms with Crippen LogP contribution in [0.5, 0.6) is 5.75 Å². The van der Waals surface area contributed by atoms with Gasteiger partial charge in [0.05, 0.1) is 35.0 Å². The third kappa shape index (κ3) is 7.92. The number of nitrogens with zero attached hydrogens (tertiary/aromatic N) is 5. The fraction of sp³-hybridized carbons (Fsp3) is 0.462. The van der Waals surface area contributed by atoms with Crippen LogP contribution in [0.15, 0.2) is 54.7 Å². The Bertz CT molecular complexity index is 2020. The molecule has 1 aliphatic carbocycles. The largest absolute Gasteiger partial charge is 0.490 e. The highest BCUT2D eigenvalue weighted by atomic mass is 19.4. The first-order valence-corrected chi connectivity index (χ1v) is 18.4. The number of ether oxygens (including phenoxy) is 2. The van der Waals surface area contributed by atoms with Crippen LogP contribution < -0.4 is 15.0 Å². The number of carboxylic acids is 1. The number of aryl methyl sites for hydroxylation is 1. The standard InChI is InChI=1S/C39H43F3N6O6/c1-46-36-28(34(45-46)29-15-16-32(49)44-37(29)50)7-2-9-30(36)48-21-19-47(20-22-48)18-5-23-53-24-11-13-25(14-12-24)54-31-10-3-6-26(33(31)39(40,41)42)27-8-4-17-43-35(27)38(51)52/h2-4,6-10,17,24-25,29H,5,11-16,18-23H2,1H3,(H,51,52)(H,44,49,50). The number of benzene rings is 2. The number of carbonyl (C=O) groups is 3. The average molecular weight is 749 g/mol. The average Bonchev–Trinajstić information content (AvgIpc) is 3.49. The zero-order valence-electron chi connectivity index (χ0n) is 30.0. The van der Waals surface area contributed by atoms with E-state index in [-0.39, 0.29) is 34.8 Å². The number of carbonyl (C=O) groups excluding carboxylic acids is 2. The Hall–Kier alpha value is -5.02. The van der Waals surface area contributed by atoms with Gasteiger partial charge in [-0.15, -0.1) is 0 Å². The Kier molecular flexibility index (Phi) is 10.9. The number of carboxylic acid groups (broad SMARTS) is 1. The molecule has 0 bridgehead atoms. The summed E-state index contributed by atoms with van der Waals surface area (Å²) in [4.78, 5) is 44.6. The number of rotatable bonds is 11. The summed E-state index contributed by atoms with van der Waals surface area (Å²) in [6.07, 6.45) is 0.0717. The van der Waals surface area contributed by atoms with Crippen LogP contribution in [0.3, 0.4) is 0 Å². The van der Waals surface area contributed by atoms with Gasteiger partial charge < -0.3 is 19.5 Å². The van der Waals surface area contributed by atoms with Crippen molar-refractivity contribution in [3.63, 3.8) is 0 Å². The van der Waals surface area contributed by atoms with Gasteiger partial charge in [-0.05, 0) is 56.7 Å². The lowest BCUT2D eigenvalue weighted by Gasteiger charge is -2.36. The van der Waals surface area contributed by atoms with E-state index in [1.807, 2.05) is 23.9 Å². The number of amides is 2. The van der Waals surface area contributed by atoms with E-state index >= 15 is 0 Å². The van der Waals surface area contributed by atoms with E-state index in [0.717, 1.165) is 55.7 Å². The summed E-state index contributed by atoms with van der Waals surface area (Å²) < 4.78 is 57.2. The number of aromatic nitrogens is 3. The van der Waals surface area contributed by atoms with Crippen molar-refractivity contribution in [1.82, 2.24) is 25.0 Å². The number of pyridine rings is 1. The van der Waals surface area contributed by atoms with Crippen molar-refractivity contribution in [3.05, 3.63) is 71.7 Å². The molecule has 1 saturated carbocycles. The van der Waals surface area contributed by atoms with Gasteiger partial charge in [0, 0.05) is 75.5 Å². The summed E-state index contributed by atoms with van der Waals surface area (Å²) in [6, 6.07) is 12.8. The fourth-order valence-corrected chi connectivity index (χ4v) is 8.00. The van der Waals surface area contributed by atoms with Crippen LogP contribution in [0.2, 0.25) is 0 Å². The third-order valence-corrected chi connectivity index (χ3v) is 10.7. The number of hydrogen-bond donors (Lipinski definition) is 2. The number of anilines is 1. The van der Waals surface area contributed by atoms with Crippen molar-refractivity contribution < 1.29 is 42.1 Å². The first kappa shape index (κ1) is 37.3. The summed E-state index contributed by atoms with van der Waals surface area (Å²) in [5.74, 6) is -2.72. The highest BCUT2D eigenvalue weighted by molar-refractivity contribution is 6.03. The molecule has 7 rings (SSSR count). The van der Waals surface area contributed by atoms with Crippen LogP contribution in [0.1, 0.15) is 72.6 Å². The van der Waals surface area contributed by atoms with Crippen LogP contribution in [0.4, 0.5) is 18.9 Å². The number of imide groups is 1. The molecule has 1 atom stereocenters. The van der Waals surface area contributed by atoms with Gasteiger partial charge in [0.15, 0.2) is 5.69 Å². The lowest BCUT2D eigenvalue weighted by molar-refractivity contribution is -0.139. The SMILES string of the molecule is Cn1nc(C2CCC(=O)NC2=O)c2cccc(N3CCN(CCCOC4CCC(Oc5cccc(-c6cccnc6C(=O)O)c5C(F)(F)F)CC4)CC3)c21. The minimum atomic E-state index is -4.78. The molecule has 1 unspecified atom stereocenters. The fourth-order valence-electron chi connectivity index (χ4n) is 8.00. The highest BCUT2D eigenvalue weighted by Gasteiger charge is 2.39. The minimum absolute atomic E-state index is 0.00749. The molecular weight excluding hydrogens is 705 g/mol. The summed E-state index contributed by atoms with van der Waals surface area (Å²) in [7, 11) is 1.89. The zero-order chi connectivity index (χ0) is 38.0. The van der Waals surface area contributed by atoms with Crippen molar-refractivity contribution in [2.45, 2.75) is 69.2 Å². The Morgan fingerprint density at radius 1 is 0.944 bits per heavy atom. The molecule has 54 heavy (non-hydrogen) atoms. The van der Waals surface area contributed by atoms with E-state index in [1.165, 1.54) is 36.5 Å². The number of fused-ring (bicyclic) bond motifs is 1. The first-order chi connectivity index (χ1) is 26.0. The van der Waals surface area contributed by atoms with Gasteiger partial charge in [0.25, 0.3) is 0 Å². The number of nitrogens with one attached hydrogen (secondary N) is 1. The lowest BCUT2D eigenvalue weighted by atomic mass is 9.92.